The van der Waals surface area contributed by atoms with Gasteiger partial charge in [0.25, 0.3) is 0 Å². The number of carbonyl (C=O) groups excluding carboxylic acids is 3. The first-order valence-electron chi connectivity index (χ1n) is 25.5. The Morgan fingerprint density at radius 3 is 1.06 bits per heavy atom. The van der Waals surface area contributed by atoms with Gasteiger partial charge in [-0.1, -0.05) is 231 Å². The van der Waals surface area contributed by atoms with Crippen LogP contribution >= 0.6 is 0 Å². The van der Waals surface area contributed by atoms with E-state index in [9.17, 15) is 14.4 Å². The zero-order chi connectivity index (χ0) is 47.2. The van der Waals surface area contributed by atoms with Crippen molar-refractivity contribution in [2.24, 2.45) is 0 Å². The number of hydrogen-bond donors (Lipinski definition) is 0. The van der Waals surface area contributed by atoms with Crippen molar-refractivity contribution < 1.29 is 28.6 Å². The van der Waals surface area contributed by atoms with Gasteiger partial charge in [-0.05, 0) is 83.5 Å². The van der Waals surface area contributed by atoms with Crippen LogP contribution < -0.4 is 0 Å². The highest BCUT2D eigenvalue weighted by Crippen LogP contribution is 2.12. The lowest BCUT2D eigenvalue weighted by Crippen LogP contribution is -2.30. The lowest BCUT2D eigenvalue weighted by molar-refractivity contribution is -0.167. The second kappa shape index (κ2) is 51.9. The Morgan fingerprint density at radius 2 is 0.646 bits per heavy atom. The number of unbranched alkanes of at least 4 members (excludes halogenated alkanes) is 17. The number of hydrogen-bond acceptors (Lipinski definition) is 6. The lowest BCUT2D eigenvalue weighted by Gasteiger charge is -2.18. The van der Waals surface area contributed by atoms with Crippen LogP contribution in [0.3, 0.4) is 0 Å². The van der Waals surface area contributed by atoms with E-state index in [1.807, 2.05) is 97.2 Å². The summed E-state index contributed by atoms with van der Waals surface area (Å²) in [7, 11) is 0. The van der Waals surface area contributed by atoms with E-state index in [2.05, 4.69) is 69.4 Å². The van der Waals surface area contributed by atoms with E-state index in [1.165, 1.54) is 38.5 Å². The highest BCUT2D eigenvalue weighted by Gasteiger charge is 2.19. The van der Waals surface area contributed by atoms with E-state index in [-0.39, 0.29) is 37.5 Å². The zero-order valence-corrected chi connectivity index (χ0v) is 41.2. The minimum absolute atomic E-state index is 0.116. The van der Waals surface area contributed by atoms with Crippen LogP contribution in [0.2, 0.25) is 0 Å². The molecule has 0 radical (unpaired) electrons. The third kappa shape index (κ3) is 50.2. The minimum Gasteiger partial charge on any atom is -0.462 e. The molecule has 0 bridgehead atoms. The molecular formula is C59H90O6. The van der Waals surface area contributed by atoms with Gasteiger partial charge >= 0.3 is 17.9 Å². The molecule has 0 saturated carbocycles. The summed E-state index contributed by atoms with van der Waals surface area (Å²) in [6, 6.07) is 0. The van der Waals surface area contributed by atoms with E-state index in [0.717, 1.165) is 103 Å². The summed E-state index contributed by atoms with van der Waals surface area (Å²) in [6.45, 7) is 6.28. The summed E-state index contributed by atoms with van der Waals surface area (Å²) in [6.07, 6.45) is 73.9. The zero-order valence-electron chi connectivity index (χ0n) is 41.2. The molecule has 65 heavy (non-hydrogen) atoms. The Balaban J connectivity index is 4.58. The van der Waals surface area contributed by atoms with Gasteiger partial charge in [-0.25, -0.2) is 0 Å². The van der Waals surface area contributed by atoms with Crippen molar-refractivity contribution in [1.29, 1.82) is 0 Å². The van der Waals surface area contributed by atoms with Crippen molar-refractivity contribution in [1.82, 2.24) is 0 Å². The fraction of sp³-hybridized carbons (Fsp3) is 0.542. The molecule has 0 spiro atoms. The molecule has 1 atom stereocenters. The van der Waals surface area contributed by atoms with Crippen LogP contribution in [0.5, 0.6) is 0 Å². The third-order valence-electron chi connectivity index (χ3n) is 10.1. The van der Waals surface area contributed by atoms with E-state index in [0.29, 0.717) is 19.3 Å². The number of carbonyl (C=O) groups is 3. The Morgan fingerprint density at radius 1 is 0.323 bits per heavy atom. The molecule has 0 aromatic rings. The molecule has 0 aromatic heterocycles. The Kier molecular flexibility index (Phi) is 48.2. The maximum atomic E-state index is 12.8. The van der Waals surface area contributed by atoms with Gasteiger partial charge in [0.1, 0.15) is 13.2 Å². The predicted molar refractivity (Wildman–Crippen MR) is 279 cm³/mol. The highest BCUT2D eigenvalue weighted by atomic mass is 16.6. The van der Waals surface area contributed by atoms with Gasteiger partial charge in [0.05, 0.1) is 0 Å². The van der Waals surface area contributed by atoms with Crippen molar-refractivity contribution in [3.05, 3.63) is 146 Å². The van der Waals surface area contributed by atoms with Crippen LogP contribution in [0.15, 0.2) is 146 Å². The molecule has 0 saturated heterocycles. The van der Waals surface area contributed by atoms with Gasteiger partial charge < -0.3 is 14.2 Å². The minimum atomic E-state index is -0.822. The lowest BCUT2D eigenvalue weighted by atomic mass is 10.1. The molecule has 1 unspecified atom stereocenters. The van der Waals surface area contributed by atoms with Crippen molar-refractivity contribution >= 4 is 17.9 Å². The normalized spacial score (nSPS) is 13.3. The second-order valence-corrected chi connectivity index (χ2v) is 16.3. The first kappa shape index (κ1) is 60.3. The standard InChI is InChI=1S/C59H90O6/c1-4-7-10-13-16-19-22-25-27-29-31-32-34-37-40-43-46-49-52-58(61)64-55-56(54-63-57(60)51-48-45-42-39-36-24-21-18-15-12-9-6-3)65-59(62)53-50-47-44-41-38-35-33-30-28-26-23-20-17-14-11-8-5-2/h8,10-11,13-14,16-23,25-33,35,38,56H,4-7,9,12,15,24,34,36-37,39-55H2,1-3H3/b11-8-,13-10-,17-14-,19-16-,21-18-,23-20-,25-22-,28-26-,29-27-,32-31-,33-30+,38-35-. The molecule has 0 heterocycles. The summed E-state index contributed by atoms with van der Waals surface area (Å²) in [5.41, 5.74) is 0. The van der Waals surface area contributed by atoms with Gasteiger partial charge in [0.15, 0.2) is 6.10 Å². The fourth-order valence-electron chi connectivity index (χ4n) is 6.26. The largest absolute Gasteiger partial charge is 0.462 e. The topological polar surface area (TPSA) is 78.9 Å². The van der Waals surface area contributed by atoms with Crippen molar-refractivity contribution in [2.75, 3.05) is 13.2 Å². The summed E-state index contributed by atoms with van der Waals surface area (Å²) in [5, 5.41) is 0. The van der Waals surface area contributed by atoms with Gasteiger partial charge in [-0.2, -0.15) is 0 Å². The van der Waals surface area contributed by atoms with E-state index in [1.54, 1.807) is 0 Å². The van der Waals surface area contributed by atoms with Gasteiger partial charge in [0.2, 0.25) is 0 Å². The molecule has 0 aliphatic heterocycles. The molecule has 0 aliphatic rings. The second-order valence-electron chi connectivity index (χ2n) is 16.3. The van der Waals surface area contributed by atoms with Crippen molar-refractivity contribution in [2.45, 2.75) is 194 Å². The average molecular weight is 895 g/mol. The first-order chi connectivity index (χ1) is 32.0. The highest BCUT2D eigenvalue weighted by molar-refractivity contribution is 5.71. The molecule has 0 rings (SSSR count). The number of esters is 3. The van der Waals surface area contributed by atoms with E-state index >= 15 is 0 Å². The monoisotopic (exact) mass is 895 g/mol. The van der Waals surface area contributed by atoms with Crippen LogP contribution in [0.25, 0.3) is 0 Å². The molecule has 6 heteroatoms. The average Bonchev–Trinajstić information content (AvgIpc) is 3.30. The molecule has 0 fully saturated rings. The number of ether oxygens (including phenoxy) is 3. The fourth-order valence-corrected chi connectivity index (χ4v) is 6.26. The molecule has 0 aromatic carbocycles. The SMILES string of the molecule is CC\C=C/C=C\C=C/C=C\C=C\C=C/CCCCCC(=O)OC(COC(=O)CCCCCCC\C=C/C=C\C=C/C=C\C=C/CCC)COC(=O)CCCCCCC/C=C\CCCCC. The summed E-state index contributed by atoms with van der Waals surface area (Å²) in [5.74, 6) is -1.01. The predicted octanol–water partition coefficient (Wildman–Crippen LogP) is 16.9. The van der Waals surface area contributed by atoms with Crippen molar-refractivity contribution in [3.63, 3.8) is 0 Å². The summed E-state index contributed by atoms with van der Waals surface area (Å²) < 4.78 is 16.7. The van der Waals surface area contributed by atoms with Crippen molar-refractivity contribution in [3.8, 4) is 0 Å². The molecule has 362 valence electrons. The maximum Gasteiger partial charge on any atom is 0.306 e. The molecule has 0 N–H and O–H groups in total. The summed E-state index contributed by atoms with van der Waals surface area (Å²) >= 11 is 0. The van der Waals surface area contributed by atoms with E-state index < -0.39 is 6.10 Å². The van der Waals surface area contributed by atoms with Crippen LogP contribution in [-0.2, 0) is 28.6 Å². The van der Waals surface area contributed by atoms with Crippen LogP contribution in [-0.4, -0.2) is 37.2 Å². The van der Waals surface area contributed by atoms with Crippen LogP contribution in [0.1, 0.15) is 188 Å². The smallest absolute Gasteiger partial charge is 0.306 e. The molecule has 6 nitrogen and oxygen atoms in total. The van der Waals surface area contributed by atoms with Gasteiger partial charge in [-0.15, -0.1) is 0 Å². The van der Waals surface area contributed by atoms with Crippen LogP contribution in [0, 0.1) is 0 Å². The van der Waals surface area contributed by atoms with Gasteiger partial charge in [-0.3, -0.25) is 14.4 Å². The quantitative estimate of drug-likeness (QED) is 0.0199. The first-order valence-corrected chi connectivity index (χ1v) is 25.5. The maximum absolute atomic E-state index is 12.8. The van der Waals surface area contributed by atoms with Gasteiger partial charge in [0, 0.05) is 19.3 Å². The Hall–Kier alpha value is -4.71. The summed E-state index contributed by atoms with van der Waals surface area (Å²) in [4.78, 5) is 38.0. The Labute approximate surface area is 397 Å². The third-order valence-corrected chi connectivity index (χ3v) is 10.1. The molecule has 0 aliphatic carbocycles. The molecule has 0 amide bonds. The molecular weight excluding hydrogens is 805 g/mol. The number of allylic oxidation sites excluding steroid dienone is 24. The van der Waals surface area contributed by atoms with Crippen LogP contribution in [0.4, 0.5) is 0 Å². The number of rotatable bonds is 43. The van der Waals surface area contributed by atoms with E-state index in [4.69, 9.17) is 14.2 Å². The Bertz CT molecular complexity index is 1490.